The smallest absolute Gasteiger partial charge is 0.272 e. The predicted octanol–water partition coefficient (Wildman–Crippen LogP) is 5.01. The van der Waals surface area contributed by atoms with Crippen molar-refractivity contribution in [2.45, 2.75) is 57.2 Å². The van der Waals surface area contributed by atoms with E-state index < -0.39 is 11.8 Å². The van der Waals surface area contributed by atoms with Crippen molar-refractivity contribution in [3.05, 3.63) is 70.7 Å². The van der Waals surface area contributed by atoms with Crippen molar-refractivity contribution in [2.24, 2.45) is 0 Å². The van der Waals surface area contributed by atoms with Gasteiger partial charge in [0.15, 0.2) is 0 Å². The fourth-order valence-electron chi connectivity index (χ4n) is 3.20. The first kappa shape index (κ1) is 25.3. The van der Waals surface area contributed by atoms with Crippen molar-refractivity contribution < 1.29 is 18.8 Å². The van der Waals surface area contributed by atoms with Gasteiger partial charge in [-0.25, -0.2) is 4.98 Å². The zero-order valence-corrected chi connectivity index (χ0v) is 20.5. The number of carbonyl (C=O) groups excluding carboxylic acids is 2. The molecule has 180 valence electrons. The summed E-state index contributed by atoms with van der Waals surface area (Å²) in [5.41, 5.74) is 7.49. The Bertz CT molecular complexity index is 1080. The lowest BCUT2D eigenvalue weighted by Gasteiger charge is -2.11. The third-order valence-corrected chi connectivity index (χ3v) is 6.25. The first-order valence-electron chi connectivity index (χ1n) is 11.3. The highest BCUT2D eigenvalue weighted by Crippen LogP contribution is 2.27. The minimum atomic E-state index is -0.449. The molecule has 0 fully saturated rings. The van der Waals surface area contributed by atoms with E-state index in [9.17, 15) is 9.59 Å². The van der Waals surface area contributed by atoms with Crippen LogP contribution in [0.4, 0.5) is 0 Å². The number of hydrogen-bond acceptors (Lipinski definition) is 7. The zero-order chi connectivity index (χ0) is 24.3. The molecule has 0 unspecified atom stereocenters. The van der Waals surface area contributed by atoms with E-state index in [-0.39, 0.29) is 0 Å². The maximum Gasteiger partial charge on any atom is 0.272 e. The number of nitrogens with one attached hydrogen (secondary N) is 2. The maximum absolute atomic E-state index is 12.7. The van der Waals surface area contributed by atoms with Crippen LogP contribution in [0.15, 0.2) is 52.1 Å². The molecule has 0 aliphatic heterocycles. The molecule has 2 amide bonds. The first-order chi connectivity index (χ1) is 16.5. The number of thioether (sulfide) groups is 1. The zero-order valence-electron chi connectivity index (χ0n) is 19.7. The highest BCUT2D eigenvalue weighted by atomic mass is 32.2. The Hall–Kier alpha value is -3.33. The average molecular weight is 483 g/mol. The van der Waals surface area contributed by atoms with Crippen LogP contribution >= 0.6 is 11.8 Å². The summed E-state index contributed by atoms with van der Waals surface area (Å²) in [4.78, 5) is 29.5. The second kappa shape index (κ2) is 12.8. The van der Waals surface area contributed by atoms with E-state index in [4.69, 9.17) is 9.26 Å². The lowest BCUT2D eigenvalue weighted by molar-refractivity contribution is 0.0844. The summed E-state index contributed by atoms with van der Waals surface area (Å²) in [5, 5.41) is 4.50. The number of benzene rings is 1. The Balaban J connectivity index is 1.52. The number of amides is 2. The number of nitrogens with zero attached hydrogens (tertiary/aromatic N) is 2. The Morgan fingerprint density at radius 3 is 2.50 bits per heavy atom. The minimum absolute atomic E-state index is 0.367. The molecule has 34 heavy (non-hydrogen) atoms. The summed E-state index contributed by atoms with van der Waals surface area (Å²) in [6, 6.07) is 10.2. The minimum Gasteiger partial charge on any atom is -0.494 e. The highest BCUT2D eigenvalue weighted by molar-refractivity contribution is 7.98. The van der Waals surface area contributed by atoms with Crippen molar-refractivity contribution in [1.82, 2.24) is 21.0 Å². The van der Waals surface area contributed by atoms with Crippen LogP contribution in [0.2, 0.25) is 0 Å². The normalized spacial score (nSPS) is 10.7. The topological polar surface area (TPSA) is 106 Å². The number of rotatable bonds is 11. The van der Waals surface area contributed by atoms with E-state index in [1.807, 2.05) is 13.8 Å². The molecule has 0 atom stereocenters. The number of aromatic nitrogens is 2. The fraction of sp³-hybridized carbons (Fsp3) is 0.360. The SMILES string of the molecule is CCCCCCOc1ccc(C(=O)NNC(=O)c2cccnc2SCc2c(C)noc2C)cc1. The van der Waals surface area contributed by atoms with Gasteiger partial charge in [-0.05, 0) is 56.7 Å². The van der Waals surface area contributed by atoms with Crippen LogP contribution in [0.5, 0.6) is 5.75 Å². The Morgan fingerprint density at radius 1 is 1.03 bits per heavy atom. The Labute approximate surface area is 203 Å². The van der Waals surface area contributed by atoms with Crippen LogP contribution in [0.3, 0.4) is 0 Å². The molecule has 0 aliphatic rings. The molecule has 3 aromatic rings. The van der Waals surface area contributed by atoms with Crippen LogP contribution in [0.25, 0.3) is 0 Å². The summed E-state index contributed by atoms with van der Waals surface area (Å²) in [6.45, 7) is 6.55. The van der Waals surface area contributed by atoms with Crippen LogP contribution in [0.1, 0.15) is 70.3 Å². The monoisotopic (exact) mass is 482 g/mol. The lowest BCUT2D eigenvalue weighted by atomic mass is 10.2. The Kier molecular flexibility index (Phi) is 9.51. The van der Waals surface area contributed by atoms with E-state index in [0.717, 1.165) is 29.9 Å². The Morgan fingerprint density at radius 2 is 1.79 bits per heavy atom. The molecule has 0 spiro atoms. The standard InChI is InChI=1S/C25H30N4O4S/c1-4-5-6-7-15-32-20-12-10-19(11-13-20)23(30)27-28-24(31)21-9-8-14-26-25(21)34-16-22-17(2)29-33-18(22)3/h8-14H,4-7,15-16H2,1-3H3,(H,27,30)(H,28,31). The summed E-state index contributed by atoms with van der Waals surface area (Å²) < 4.78 is 10.9. The summed E-state index contributed by atoms with van der Waals surface area (Å²) in [5.74, 6) is 1.16. The number of hydrogen-bond donors (Lipinski definition) is 2. The molecule has 0 bridgehead atoms. The van der Waals surface area contributed by atoms with Gasteiger partial charge in [0.2, 0.25) is 0 Å². The molecule has 0 radical (unpaired) electrons. The summed E-state index contributed by atoms with van der Waals surface area (Å²) in [6.07, 6.45) is 6.17. The molecule has 2 N–H and O–H groups in total. The molecule has 2 aromatic heterocycles. The van der Waals surface area contributed by atoms with E-state index in [1.54, 1.807) is 42.6 Å². The third kappa shape index (κ3) is 7.08. The van der Waals surface area contributed by atoms with Crippen molar-refractivity contribution in [3.63, 3.8) is 0 Å². The molecule has 1 aromatic carbocycles. The summed E-state index contributed by atoms with van der Waals surface area (Å²) >= 11 is 1.41. The van der Waals surface area contributed by atoms with Crippen LogP contribution in [-0.2, 0) is 5.75 Å². The second-order valence-corrected chi connectivity index (χ2v) is 8.75. The van der Waals surface area contributed by atoms with Crippen molar-refractivity contribution >= 4 is 23.6 Å². The average Bonchev–Trinajstić information content (AvgIpc) is 3.18. The largest absolute Gasteiger partial charge is 0.494 e. The molecule has 0 saturated carbocycles. The van der Waals surface area contributed by atoms with Crippen LogP contribution < -0.4 is 15.6 Å². The number of aryl methyl sites for hydroxylation is 2. The lowest BCUT2D eigenvalue weighted by Crippen LogP contribution is -2.41. The molecular formula is C25H30N4O4S. The summed E-state index contributed by atoms with van der Waals surface area (Å²) in [7, 11) is 0. The van der Waals surface area contributed by atoms with Gasteiger partial charge in [-0.3, -0.25) is 20.4 Å². The maximum atomic E-state index is 12.7. The third-order valence-electron chi connectivity index (χ3n) is 5.22. The molecule has 8 nitrogen and oxygen atoms in total. The molecule has 2 heterocycles. The van der Waals surface area contributed by atoms with E-state index >= 15 is 0 Å². The van der Waals surface area contributed by atoms with Crippen molar-refractivity contribution in [3.8, 4) is 5.75 Å². The highest BCUT2D eigenvalue weighted by Gasteiger charge is 2.16. The van der Waals surface area contributed by atoms with Gasteiger partial charge in [-0.15, -0.1) is 11.8 Å². The number of ether oxygens (including phenoxy) is 1. The first-order valence-corrected chi connectivity index (χ1v) is 12.3. The van der Waals surface area contributed by atoms with Gasteiger partial charge in [0.05, 0.1) is 17.9 Å². The molecule has 0 aliphatic carbocycles. The molecule has 3 rings (SSSR count). The van der Waals surface area contributed by atoms with Crippen LogP contribution in [0, 0.1) is 13.8 Å². The van der Waals surface area contributed by atoms with Crippen molar-refractivity contribution in [1.29, 1.82) is 0 Å². The van der Waals surface area contributed by atoms with Gasteiger partial charge in [-0.2, -0.15) is 0 Å². The van der Waals surface area contributed by atoms with Crippen molar-refractivity contribution in [2.75, 3.05) is 6.61 Å². The van der Waals surface area contributed by atoms with Gasteiger partial charge in [-0.1, -0.05) is 31.3 Å². The second-order valence-electron chi connectivity index (χ2n) is 7.79. The molecule has 9 heteroatoms. The van der Waals surface area contributed by atoms with Gasteiger partial charge in [0.1, 0.15) is 16.5 Å². The quantitative estimate of drug-likeness (QED) is 0.225. The predicted molar refractivity (Wildman–Crippen MR) is 131 cm³/mol. The van der Waals surface area contributed by atoms with E-state index in [1.165, 1.54) is 24.6 Å². The van der Waals surface area contributed by atoms with E-state index in [2.05, 4.69) is 27.9 Å². The number of unbranched alkanes of at least 4 members (excludes halogenated alkanes) is 3. The van der Waals surface area contributed by atoms with Crippen LogP contribution in [-0.4, -0.2) is 28.6 Å². The molecule has 0 saturated heterocycles. The molecular weight excluding hydrogens is 452 g/mol. The van der Waals surface area contributed by atoms with Gasteiger partial charge in [0, 0.05) is 23.1 Å². The number of hydrazine groups is 1. The van der Waals surface area contributed by atoms with E-state index in [0.29, 0.717) is 34.3 Å². The fourth-order valence-corrected chi connectivity index (χ4v) is 4.35. The number of carbonyl (C=O) groups is 2. The van der Waals surface area contributed by atoms with Gasteiger partial charge < -0.3 is 9.26 Å². The number of pyridine rings is 1. The van der Waals surface area contributed by atoms with Gasteiger partial charge in [0.25, 0.3) is 11.8 Å². The van der Waals surface area contributed by atoms with Gasteiger partial charge >= 0.3 is 0 Å².